The minimum atomic E-state index is 0. The Morgan fingerprint density at radius 1 is 1.00 bits per heavy atom. The van der Waals surface area contributed by atoms with Gasteiger partial charge < -0.3 is 15.4 Å². The summed E-state index contributed by atoms with van der Waals surface area (Å²) in [5.74, 6) is 1.73. The molecule has 0 aliphatic heterocycles. The molecule has 0 aliphatic carbocycles. The number of ether oxygens (including phenoxy) is 1. The number of nitrogens with zero attached hydrogens (tertiary/aromatic N) is 3. The van der Waals surface area contributed by atoms with Gasteiger partial charge in [-0.25, -0.2) is 4.68 Å². The highest BCUT2D eigenvalue weighted by Gasteiger charge is 2.03. The Bertz CT molecular complexity index is 878. The van der Waals surface area contributed by atoms with Crippen LogP contribution in [0, 0.1) is 0 Å². The average Bonchev–Trinajstić information content (AvgIpc) is 3.28. The van der Waals surface area contributed by atoms with Crippen molar-refractivity contribution in [1.29, 1.82) is 0 Å². The van der Waals surface area contributed by atoms with Gasteiger partial charge in [0.1, 0.15) is 5.75 Å². The van der Waals surface area contributed by atoms with Crippen LogP contribution in [-0.4, -0.2) is 43.0 Å². The molecule has 0 unspecified atom stereocenters. The second kappa shape index (κ2) is 12.1. The number of guanidine groups is 1. The van der Waals surface area contributed by atoms with Crippen molar-refractivity contribution in [2.45, 2.75) is 12.8 Å². The molecule has 1 aromatic heterocycles. The van der Waals surface area contributed by atoms with Crippen LogP contribution >= 0.6 is 24.0 Å². The van der Waals surface area contributed by atoms with E-state index in [0.717, 1.165) is 43.3 Å². The Kier molecular flexibility index (Phi) is 9.49. The molecule has 3 rings (SSSR count). The molecule has 2 aromatic carbocycles. The summed E-state index contributed by atoms with van der Waals surface area (Å²) in [6, 6.07) is 18.5. The van der Waals surface area contributed by atoms with Crippen LogP contribution in [0.2, 0.25) is 0 Å². The van der Waals surface area contributed by atoms with Gasteiger partial charge in [-0.2, -0.15) is 5.10 Å². The lowest BCUT2D eigenvalue weighted by atomic mass is 10.1. The zero-order valence-electron chi connectivity index (χ0n) is 16.8. The van der Waals surface area contributed by atoms with E-state index in [1.54, 1.807) is 20.4 Å². The first-order valence-electron chi connectivity index (χ1n) is 9.45. The Balaban J connectivity index is 0.00000300. The molecule has 7 heteroatoms. The van der Waals surface area contributed by atoms with Gasteiger partial charge in [0, 0.05) is 32.5 Å². The van der Waals surface area contributed by atoms with Crippen LogP contribution in [0.5, 0.6) is 5.75 Å². The third-order valence-electron chi connectivity index (χ3n) is 4.51. The maximum absolute atomic E-state index is 5.40. The number of rotatable bonds is 8. The van der Waals surface area contributed by atoms with Crippen LogP contribution in [0.3, 0.4) is 0 Å². The Morgan fingerprint density at radius 3 is 2.38 bits per heavy atom. The van der Waals surface area contributed by atoms with Crippen LogP contribution in [0.25, 0.3) is 5.69 Å². The molecule has 154 valence electrons. The topological polar surface area (TPSA) is 63.5 Å². The van der Waals surface area contributed by atoms with E-state index in [0.29, 0.717) is 0 Å². The van der Waals surface area contributed by atoms with Crippen LogP contribution < -0.4 is 15.4 Å². The van der Waals surface area contributed by atoms with E-state index in [4.69, 9.17) is 4.74 Å². The standard InChI is InChI=1S/C22H27N5O.HI/c1-23-22(25-16-13-19-6-3-4-7-21(19)28-2)24-15-12-18-8-10-20(11-9-18)27-17-5-14-26-27;/h3-11,14,17H,12-13,15-16H2,1-2H3,(H2,23,24,25);1H. The Morgan fingerprint density at radius 2 is 1.72 bits per heavy atom. The molecule has 0 amide bonds. The number of methoxy groups -OCH3 is 1. The molecule has 0 aliphatic rings. The molecule has 0 bridgehead atoms. The van der Waals surface area contributed by atoms with Gasteiger partial charge in [-0.1, -0.05) is 30.3 Å². The Hall–Kier alpha value is -2.55. The van der Waals surface area contributed by atoms with Crippen LogP contribution in [0.4, 0.5) is 0 Å². The first-order chi connectivity index (χ1) is 13.8. The van der Waals surface area contributed by atoms with Crippen molar-refractivity contribution in [3.63, 3.8) is 0 Å². The van der Waals surface area contributed by atoms with Crippen LogP contribution in [0.1, 0.15) is 11.1 Å². The number of nitrogens with one attached hydrogen (secondary N) is 2. The van der Waals surface area contributed by atoms with Gasteiger partial charge in [-0.05, 0) is 48.2 Å². The fourth-order valence-electron chi connectivity index (χ4n) is 3.01. The van der Waals surface area contributed by atoms with Crippen molar-refractivity contribution < 1.29 is 4.74 Å². The zero-order valence-corrected chi connectivity index (χ0v) is 19.2. The molecule has 29 heavy (non-hydrogen) atoms. The van der Waals surface area contributed by atoms with E-state index >= 15 is 0 Å². The summed E-state index contributed by atoms with van der Waals surface area (Å²) in [5.41, 5.74) is 3.52. The largest absolute Gasteiger partial charge is 0.496 e. The van der Waals surface area contributed by atoms with Crippen LogP contribution in [-0.2, 0) is 12.8 Å². The van der Waals surface area contributed by atoms with E-state index in [1.807, 2.05) is 35.1 Å². The fourth-order valence-corrected chi connectivity index (χ4v) is 3.01. The molecule has 1 heterocycles. The SMILES string of the molecule is CN=C(NCCc1ccc(-n2cccn2)cc1)NCCc1ccccc1OC.I. The number of aromatic nitrogens is 2. The molecule has 3 aromatic rings. The van der Waals surface area contributed by atoms with Crippen molar-refractivity contribution in [2.24, 2.45) is 4.99 Å². The second-order valence-electron chi connectivity index (χ2n) is 6.35. The third-order valence-corrected chi connectivity index (χ3v) is 4.51. The molecular formula is C22H28IN5O. The summed E-state index contributed by atoms with van der Waals surface area (Å²) >= 11 is 0. The predicted octanol–water partition coefficient (Wildman–Crippen LogP) is 3.45. The summed E-state index contributed by atoms with van der Waals surface area (Å²) in [5, 5.41) is 11.0. The molecule has 0 radical (unpaired) electrons. The molecule has 0 saturated heterocycles. The monoisotopic (exact) mass is 505 g/mol. The highest BCUT2D eigenvalue weighted by atomic mass is 127. The van der Waals surface area contributed by atoms with Gasteiger partial charge >= 0.3 is 0 Å². The lowest BCUT2D eigenvalue weighted by molar-refractivity contribution is 0.409. The lowest BCUT2D eigenvalue weighted by Crippen LogP contribution is -2.39. The molecule has 2 N–H and O–H groups in total. The van der Waals surface area contributed by atoms with Gasteiger partial charge in [0.2, 0.25) is 0 Å². The van der Waals surface area contributed by atoms with E-state index in [-0.39, 0.29) is 24.0 Å². The highest BCUT2D eigenvalue weighted by molar-refractivity contribution is 14.0. The third kappa shape index (κ3) is 6.77. The summed E-state index contributed by atoms with van der Waals surface area (Å²) < 4.78 is 7.25. The van der Waals surface area contributed by atoms with Gasteiger partial charge in [-0.15, -0.1) is 24.0 Å². The van der Waals surface area contributed by atoms with Gasteiger partial charge in [0.05, 0.1) is 12.8 Å². The maximum Gasteiger partial charge on any atom is 0.190 e. The number of para-hydroxylation sites is 1. The molecule has 0 spiro atoms. The van der Waals surface area contributed by atoms with Crippen molar-refractivity contribution in [1.82, 2.24) is 20.4 Å². The lowest BCUT2D eigenvalue weighted by Gasteiger charge is -2.13. The number of hydrogen-bond acceptors (Lipinski definition) is 3. The molecule has 0 fully saturated rings. The number of benzene rings is 2. The summed E-state index contributed by atoms with van der Waals surface area (Å²) in [7, 11) is 3.49. The molecule has 0 saturated carbocycles. The van der Waals surface area contributed by atoms with Gasteiger partial charge in [0.15, 0.2) is 5.96 Å². The number of hydrogen-bond donors (Lipinski definition) is 2. The molecular weight excluding hydrogens is 477 g/mol. The molecule has 6 nitrogen and oxygen atoms in total. The predicted molar refractivity (Wildman–Crippen MR) is 129 cm³/mol. The van der Waals surface area contributed by atoms with Crippen LogP contribution in [0.15, 0.2) is 72.0 Å². The summed E-state index contributed by atoms with van der Waals surface area (Å²) in [4.78, 5) is 4.29. The second-order valence-corrected chi connectivity index (χ2v) is 6.35. The summed E-state index contributed by atoms with van der Waals surface area (Å²) in [6.07, 6.45) is 5.52. The average molecular weight is 505 g/mol. The van der Waals surface area contributed by atoms with Crippen molar-refractivity contribution >= 4 is 29.9 Å². The van der Waals surface area contributed by atoms with E-state index in [1.165, 1.54) is 11.1 Å². The quantitative estimate of drug-likeness (QED) is 0.280. The Labute approximate surface area is 189 Å². The van der Waals surface area contributed by atoms with Crippen molar-refractivity contribution in [3.05, 3.63) is 78.1 Å². The number of halogens is 1. The summed E-state index contributed by atoms with van der Waals surface area (Å²) in [6.45, 7) is 1.61. The first kappa shape index (κ1) is 22.7. The van der Waals surface area contributed by atoms with Crippen molar-refractivity contribution in [2.75, 3.05) is 27.2 Å². The first-order valence-corrected chi connectivity index (χ1v) is 9.45. The van der Waals surface area contributed by atoms with Gasteiger partial charge in [0.25, 0.3) is 0 Å². The normalized spacial score (nSPS) is 10.9. The van der Waals surface area contributed by atoms with Gasteiger partial charge in [-0.3, -0.25) is 4.99 Å². The van der Waals surface area contributed by atoms with Crippen molar-refractivity contribution in [3.8, 4) is 11.4 Å². The van der Waals surface area contributed by atoms with E-state index in [9.17, 15) is 0 Å². The minimum absolute atomic E-state index is 0. The minimum Gasteiger partial charge on any atom is -0.496 e. The zero-order chi connectivity index (χ0) is 19.6. The fraction of sp³-hybridized carbons (Fsp3) is 0.273. The van der Waals surface area contributed by atoms with E-state index in [2.05, 4.69) is 51.1 Å². The maximum atomic E-state index is 5.40. The van der Waals surface area contributed by atoms with E-state index < -0.39 is 0 Å². The molecule has 0 atom stereocenters. The number of aliphatic imine (C=N–C) groups is 1. The highest BCUT2D eigenvalue weighted by Crippen LogP contribution is 2.17. The smallest absolute Gasteiger partial charge is 0.190 e.